The van der Waals surface area contributed by atoms with Crippen LogP contribution in [0, 0.1) is 0 Å². The molecule has 0 spiro atoms. The highest BCUT2D eigenvalue weighted by Crippen LogP contribution is 2.28. The van der Waals surface area contributed by atoms with Crippen LogP contribution < -0.4 is 4.90 Å². The zero-order valence-corrected chi connectivity index (χ0v) is 17.8. The Labute approximate surface area is 185 Å². The van der Waals surface area contributed by atoms with E-state index >= 15 is 0 Å². The minimum absolute atomic E-state index is 0.0323. The number of aromatic nitrogens is 4. The van der Waals surface area contributed by atoms with Gasteiger partial charge in [0.25, 0.3) is 11.8 Å². The molecule has 2 N–H and O–H groups in total. The van der Waals surface area contributed by atoms with Gasteiger partial charge in [-0.1, -0.05) is 18.2 Å². The Hall–Kier alpha value is -3.94. The first kappa shape index (κ1) is 20.0. The monoisotopic (exact) mass is 428 g/mol. The number of rotatable bonds is 4. The summed E-state index contributed by atoms with van der Waals surface area (Å²) >= 11 is 0. The molecule has 3 heterocycles. The molecule has 8 heteroatoms. The van der Waals surface area contributed by atoms with Crippen LogP contribution in [0.15, 0.2) is 60.9 Å². The third kappa shape index (κ3) is 3.75. The van der Waals surface area contributed by atoms with E-state index in [1.54, 1.807) is 18.3 Å². The number of hydrogen-bond acceptors (Lipinski definition) is 4. The second-order valence-electron chi connectivity index (χ2n) is 8.11. The van der Waals surface area contributed by atoms with E-state index in [0.717, 1.165) is 35.3 Å². The maximum Gasteiger partial charge on any atom is 0.278 e. The van der Waals surface area contributed by atoms with Gasteiger partial charge in [0, 0.05) is 43.0 Å². The van der Waals surface area contributed by atoms with Crippen LogP contribution in [-0.2, 0) is 0 Å². The molecule has 1 fully saturated rings. The van der Waals surface area contributed by atoms with E-state index < -0.39 is 0 Å². The molecule has 162 valence electrons. The van der Waals surface area contributed by atoms with E-state index in [1.165, 1.54) is 0 Å². The third-order valence-electron chi connectivity index (χ3n) is 6.15. The zero-order valence-electron chi connectivity index (χ0n) is 17.8. The van der Waals surface area contributed by atoms with Gasteiger partial charge in [-0.05, 0) is 49.2 Å². The SMILES string of the molecule is CN(C(=O)c1cc(C2CCN(C(=O)c3ccc4nc[nH]c4c3)CC2)[nH]n1)c1ccccc1. The highest BCUT2D eigenvalue weighted by Gasteiger charge is 2.27. The van der Waals surface area contributed by atoms with Gasteiger partial charge in [0.2, 0.25) is 0 Å². The smallest absolute Gasteiger partial charge is 0.278 e. The van der Waals surface area contributed by atoms with Crippen LogP contribution in [0.5, 0.6) is 0 Å². The van der Waals surface area contributed by atoms with Gasteiger partial charge >= 0.3 is 0 Å². The molecule has 2 amide bonds. The van der Waals surface area contributed by atoms with Gasteiger partial charge in [-0.15, -0.1) is 0 Å². The summed E-state index contributed by atoms with van der Waals surface area (Å²) in [6.07, 6.45) is 3.27. The summed E-state index contributed by atoms with van der Waals surface area (Å²) in [5.41, 5.74) is 4.54. The molecule has 4 aromatic rings. The standard InChI is InChI=1S/C24H24N6O2/c1-29(18-5-3-2-4-6-18)24(32)22-14-20(27-28-22)16-9-11-30(12-10-16)23(31)17-7-8-19-21(13-17)26-15-25-19/h2-8,13-16H,9-12H2,1H3,(H,25,26)(H,27,28). The fourth-order valence-electron chi connectivity index (χ4n) is 4.24. The van der Waals surface area contributed by atoms with E-state index in [0.29, 0.717) is 24.3 Å². The van der Waals surface area contributed by atoms with Crippen molar-refractivity contribution in [3.8, 4) is 0 Å². The molecular formula is C24H24N6O2. The Balaban J connectivity index is 1.22. The number of H-pyrrole nitrogens is 2. The summed E-state index contributed by atoms with van der Waals surface area (Å²) in [5.74, 6) is 0.121. The molecule has 0 atom stereocenters. The van der Waals surface area contributed by atoms with Crippen molar-refractivity contribution < 1.29 is 9.59 Å². The minimum Gasteiger partial charge on any atom is -0.345 e. The summed E-state index contributed by atoms with van der Waals surface area (Å²) in [5, 5.41) is 7.30. The number of fused-ring (bicyclic) bond motifs is 1. The van der Waals surface area contributed by atoms with Gasteiger partial charge in [-0.3, -0.25) is 14.7 Å². The molecule has 32 heavy (non-hydrogen) atoms. The molecule has 0 aliphatic carbocycles. The Morgan fingerprint density at radius 3 is 2.62 bits per heavy atom. The third-order valence-corrected chi connectivity index (χ3v) is 6.15. The maximum atomic E-state index is 12.9. The largest absolute Gasteiger partial charge is 0.345 e. The van der Waals surface area contributed by atoms with E-state index in [-0.39, 0.29) is 17.7 Å². The quantitative estimate of drug-likeness (QED) is 0.519. The Kier molecular flexibility index (Phi) is 5.18. The molecule has 1 saturated heterocycles. The molecule has 1 aliphatic rings. The molecule has 0 bridgehead atoms. The molecule has 5 rings (SSSR count). The number of benzene rings is 2. The minimum atomic E-state index is -0.152. The summed E-state index contributed by atoms with van der Waals surface area (Å²) in [4.78, 5) is 36.5. The van der Waals surface area contributed by atoms with Crippen LogP contribution in [0.2, 0.25) is 0 Å². The first-order valence-electron chi connectivity index (χ1n) is 10.7. The first-order chi connectivity index (χ1) is 15.6. The van der Waals surface area contributed by atoms with Crippen LogP contribution >= 0.6 is 0 Å². The predicted octanol–water partition coefficient (Wildman–Crippen LogP) is 3.58. The van der Waals surface area contributed by atoms with Gasteiger partial charge in [-0.2, -0.15) is 5.10 Å². The number of nitrogens with one attached hydrogen (secondary N) is 2. The summed E-state index contributed by atoms with van der Waals surface area (Å²) < 4.78 is 0. The van der Waals surface area contributed by atoms with Crippen LogP contribution in [-0.4, -0.2) is 57.0 Å². The number of amides is 2. The van der Waals surface area contributed by atoms with Crippen molar-refractivity contribution in [3.05, 3.63) is 77.9 Å². The van der Waals surface area contributed by atoms with E-state index in [4.69, 9.17) is 0 Å². The van der Waals surface area contributed by atoms with Crippen LogP contribution in [0.3, 0.4) is 0 Å². The first-order valence-corrected chi connectivity index (χ1v) is 10.7. The molecule has 0 unspecified atom stereocenters. The lowest BCUT2D eigenvalue weighted by Crippen LogP contribution is -2.38. The lowest BCUT2D eigenvalue weighted by molar-refractivity contribution is 0.0712. The van der Waals surface area contributed by atoms with E-state index in [9.17, 15) is 9.59 Å². The van der Waals surface area contributed by atoms with Crippen LogP contribution in [0.25, 0.3) is 11.0 Å². The highest BCUT2D eigenvalue weighted by atomic mass is 16.2. The van der Waals surface area contributed by atoms with Gasteiger partial charge in [0.15, 0.2) is 5.69 Å². The van der Waals surface area contributed by atoms with Crippen LogP contribution in [0.1, 0.15) is 45.3 Å². The fraction of sp³-hybridized carbons (Fsp3) is 0.250. The summed E-state index contributed by atoms with van der Waals surface area (Å²) in [7, 11) is 1.75. The molecule has 0 saturated carbocycles. The number of hydrogen-bond donors (Lipinski definition) is 2. The van der Waals surface area contributed by atoms with Crippen LogP contribution in [0.4, 0.5) is 5.69 Å². The number of carbonyl (C=O) groups is 2. The molecule has 0 radical (unpaired) electrons. The normalized spacial score (nSPS) is 14.6. The Morgan fingerprint density at radius 1 is 1.06 bits per heavy atom. The number of piperidine rings is 1. The number of anilines is 1. The zero-order chi connectivity index (χ0) is 22.1. The van der Waals surface area contributed by atoms with Crippen molar-refractivity contribution in [1.82, 2.24) is 25.1 Å². The van der Waals surface area contributed by atoms with E-state index in [2.05, 4.69) is 20.2 Å². The Bertz CT molecular complexity index is 1250. The van der Waals surface area contributed by atoms with Crippen molar-refractivity contribution in [1.29, 1.82) is 0 Å². The average Bonchev–Trinajstić information content (AvgIpc) is 3.53. The number of carbonyl (C=O) groups excluding carboxylic acids is 2. The number of aromatic amines is 2. The van der Waals surface area contributed by atoms with Crippen molar-refractivity contribution in [3.63, 3.8) is 0 Å². The number of likely N-dealkylation sites (tertiary alicyclic amines) is 1. The van der Waals surface area contributed by atoms with Crippen molar-refractivity contribution in [2.75, 3.05) is 25.0 Å². The molecule has 8 nitrogen and oxygen atoms in total. The molecule has 2 aromatic heterocycles. The van der Waals surface area contributed by atoms with Crippen molar-refractivity contribution in [2.45, 2.75) is 18.8 Å². The second-order valence-corrected chi connectivity index (χ2v) is 8.11. The fourth-order valence-corrected chi connectivity index (χ4v) is 4.24. The topological polar surface area (TPSA) is 98.0 Å². The highest BCUT2D eigenvalue weighted by molar-refractivity contribution is 6.04. The van der Waals surface area contributed by atoms with Gasteiger partial charge < -0.3 is 14.8 Å². The second kappa shape index (κ2) is 8.30. The summed E-state index contributed by atoms with van der Waals surface area (Å²) in [6, 6.07) is 16.9. The number of imidazole rings is 1. The number of nitrogens with zero attached hydrogens (tertiary/aromatic N) is 4. The molecule has 2 aromatic carbocycles. The Morgan fingerprint density at radius 2 is 1.84 bits per heavy atom. The molecule has 1 aliphatic heterocycles. The maximum absolute atomic E-state index is 12.9. The average molecular weight is 428 g/mol. The van der Waals surface area contributed by atoms with Crippen molar-refractivity contribution >= 4 is 28.5 Å². The van der Waals surface area contributed by atoms with Gasteiger partial charge in [-0.25, -0.2) is 4.98 Å². The van der Waals surface area contributed by atoms with E-state index in [1.807, 2.05) is 59.5 Å². The molecular weight excluding hydrogens is 404 g/mol. The lowest BCUT2D eigenvalue weighted by atomic mass is 9.93. The lowest BCUT2D eigenvalue weighted by Gasteiger charge is -2.31. The van der Waals surface area contributed by atoms with Gasteiger partial charge in [0.1, 0.15) is 0 Å². The summed E-state index contributed by atoms with van der Waals surface area (Å²) in [6.45, 7) is 1.33. The predicted molar refractivity (Wildman–Crippen MR) is 122 cm³/mol. The number of para-hydroxylation sites is 1. The van der Waals surface area contributed by atoms with Crippen molar-refractivity contribution in [2.24, 2.45) is 0 Å². The van der Waals surface area contributed by atoms with Gasteiger partial charge in [0.05, 0.1) is 17.4 Å².